The van der Waals surface area contributed by atoms with Crippen LogP contribution in [0.5, 0.6) is 0 Å². The molecule has 4 nitrogen and oxygen atoms in total. The van der Waals surface area contributed by atoms with Crippen molar-refractivity contribution in [3.8, 4) is 0 Å². The van der Waals surface area contributed by atoms with Crippen molar-refractivity contribution in [2.45, 2.75) is 31.7 Å². The van der Waals surface area contributed by atoms with Gasteiger partial charge in [-0.2, -0.15) is 0 Å². The van der Waals surface area contributed by atoms with Crippen LogP contribution in [0.3, 0.4) is 0 Å². The SMILES string of the molecule is CC12CCCCN1C(=O)OC2=O. The lowest BCUT2D eigenvalue weighted by molar-refractivity contribution is -0.140. The van der Waals surface area contributed by atoms with Gasteiger partial charge in [0.1, 0.15) is 5.54 Å². The Labute approximate surface area is 70.5 Å². The van der Waals surface area contributed by atoms with Gasteiger partial charge in [0.05, 0.1) is 0 Å². The van der Waals surface area contributed by atoms with E-state index in [0.29, 0.717) is 6.54 Å². The van der Waals surface area contributed by atoms with Gasteiger partial charge in [-0.05, 0) is 26.2 Å². The third-order valence-electron chi connectivity index (χ3n) is 2.73. The van der Waals surface area contributed by atoms with Gasteiger partial charge in [-0.3, -0.25) is 4.90 Å². The van der Waals surface area contributed by atoms with Crippen molar-refractivity contribution < 1.29 is 14.3 Å². The van der Waals surface area contributed by atoms with Crippen molar-refractivity contribution in [1.29, 1.82) is 0 Å². The Morgan fingerprint density at radius 2 is 2.17 bits per heavy atom. The molecule has 2 fully saturated rings. The maximum atomic E-state index is 11.3. The number of hydrogen-bond donors (Lipinski definition) is 0. The van der Waals surface area contributed by atoms with Crippen molar-refractivity contribution in [3.05, 3.63) is 0 Å². The number of piperidine rings is 1. The van der Waals surface area contributed by atoms with E-state index in [2.05, 4.69) is 4.74 Å². The van der Waals surface area contributed by atoms with Crippen LogP contribution < -0.4 is 0 Å². The van der Waals surface area contributed by atoms with Crippen molar-refractivity contribution in [3.63, 3.8) is 0 Å². The molecule has 0 aromatic rings. The van der Waals surface area contributed by atoms with Gasteiger partial charge >= 0.3 is 12.1 Å². The van der Waals surface area contributed by atoms with Crippen LogP contribution in [0.15, 0.2) is 0 Å². The van der Waals surface area contributed by atoms with Gasteiger partial charge in [0.15, 0.2) is 0 Å². The number of carbonyl (C=O) groups is 2. The van der Waals surface area contributed by atoms with Crippen LogP contribution in [0.1, 0.15) is 26.2 Å². The Morgan fingerprint density at radius 3 is 2.83 bits per heavy atom. The second-order valence-electron chi connectivity index (χ2n) is 3.54. The molecule has 66 valence electrons. The summed E-state index contributed by atoms with van der Waals surface area (Å²) in [6, 6.07) is 0. The second-order valence-corrected chi connectivity index (χ2v) is 3.54. The van der Waals surface area contributed by atoms with E-state index in [1.807, 2.05) is 0 Å². The third kappa shape index (κ3) is 0.777. The van der Waals surface area contributed by atoms with E-state index in [1.165, 1.54) is 0 Å². The van der Waals surface area contributed by atoms with Crippen LogP contribution in [0.25, 0.3) is 0 Å². The van der Waals surface area contributed by atoms with Crippen LogP contribution in [0.4, 0.5) is 4.79 Å². The summed E-state index contributed by atoms with van der Waals surface area (Å²) < 4.78 is 4.56. The van der Waals surface area contributed by atoms with Crippen molar-refractivity contribution in [2.75, 3.05) is 6.54 Å². The maximum absolute atomic E-state index is 11.3. The summed E-state index contributed by atoms with van der Waals surface area (Å²) in [7, 11) is 0. The normalized spacial score (nSPS) is 34.9. The molecule has 0 aromatic carbocycles. The first-order valence-corrected chi connectivity index (χ1v) is 4.18. The second kappa shape index (κ2) is 2.21. The highest BCUT2D eigenvalue weighted by molar-refractivity contribution is 5.98. The fraction of sp³-hybridized carbons (Fsp3) is 0.750. The minimum absolute atomic E-state index is 0.382. The van der Waals surface area contributed by atoms with Gasteiger partial charge in [-0.15, -0.1) is 0 Å². The summed E-state index contributed by atoms with van der Waals surface area (Å²) in [6.45, 7) is 2.43. The molecule has 2 aliphatic heterocycles. The van der Waals surface area contributed by atoms with Crippen molar-refractivity contribution >= 4 is 12.1 Å². The predicted molar refractivity (Wildman–Crippen MR) is 40.5 cm³/mol. The molecule has 1 atom stereocenters. The largest absolute Gasteiger partial charge is 0.418 e. The lowest BCUT2D eigenvalue weighted by Crippen LogP contribution is -2.49. The first-order chi connectivity index (χ1) is 5.64. The average molecular weight is 169 g/mol. The summed E-state index contributed by atoms with van der Waals surface area (Å²) in [6.07, 6.45) is 2.23. The molecule has 0 aromatic heterocycles. The number of amides is 1. The number of hydrogen-bond acceptors (Lipinski definition) is 3. The molecule has 0 bridgehead atoms. The first-order valence-electron chi connectivity index (χ1n) is 4.18. The van der Waals surface area contributed by atoms with E-state index < -0.39 is 11.6 Å². The average Bonchev–Trinajstić information content (AvgIpc) is 2.25. The molecule has 0 radical (unpaired) electrons. The van der Waals surface area contributed by atoms with Crippen molar-refractivity contribution in [1.82, 2.24) is 4.90 Å². The molecule has 0 N–H and O–H groups in total. The zero-order valence-corrected chi connectivity index (χ0v) is 7.00. The lowest BCUT2D eigenvalue weighted by atomic mass is 9.90. The Bertz CT molecular complexity index is 251. The van der Waals surface area contributed by atoms with Gasteiger partial charge in [-0.25, -0.2) is 9.59 Å². The molecule has 0 aliphatic carbocycles. The molecule has 1 amide bonds. The van der Waals surface area contributed by atoms with Crippen LogP contribution in [0, 0.1) is 0 Å². The number of ether oxygens (including phenoxy) is 1. The van der Waals surface area contributed by atoms with E-state index in [-0.39, 0.29) is 5.97 Å². The number of cyclic esters (lactones) is 2. The summed E-state index contributed by atoms with van der Waals surface area (Å²) in [4.78, 5) is 23.9. The van der Waals surface area contributed by atoms with Crippen LogP contribution in [-0.2, 0) is 9.53 Å². The molecule has 2 aliphatic rings. The summed E-state index contributed by atoms with van der Waals surface area (Å²) in [5, 5.41) is 0. The summed E-state index contributed by atoms with van der Waals surface area (Å²) in [5.74, 6) is -0.382. The van der Waals surface area contributed by atoms with Crippen LogP contribution in [0.2, 0.25) is 0 Å². The molecule has 0 spiro atoms. The molecule has 2 heterocycles. The number of rotatable bonds is 0. The molecule has 2 rings (SSSR count). The van der Waals surface area contributed by atoms with Gasteiger partial charge in [0.2, 0.25) is 0 Å². The Hall–Kier alpha value is -1.06. The van der Waals surface area contributed by atoms with Crippen molar-refractivity contribution in [2.24, 2.45) is 0 Å². The van der Waals surface area contributed by atoms with Crippen LogP contribution in [-0.4, -0.2) is 29.0 Å². The summed E-state index contributed by atoms with van der Waals surface area (Å²) in [5.41, 5.74) is -0.657. The first kappa shape index (κ1) is 7.58. The van der Waals surface area contributed by atoms with E-state index in [9.17, 15) is 9.59 Å². The van der Waals surface area contributed by atoms with E-state index in [1.54, 1.807) is 11.8 Å². The highest BCUT2D eigenvalue weighted by Crippen LogP contribution is 2.34. The number of fused-ring (bicyclic) bond motifs is 1. The number of esters is 1. The number of nitrogens with zero attached hydrogens (tertiary/aromatic N) is 1. The smallest absolute Gasteiger partial charge is 0.374 e. The topological polar surface area (TPSA) is 46.6 Å². The molecular formula is C8H11NO3. The van der Waals surface area contributed by atoms with Gasteiger partial charge in [0.25, 0.3) is 0 Å². The molecule has 12 heavy (non-hydrogen) atoms. The fourth-order valence-corrected chi connectivity index (χ4v) is 1.87. The zero-order chi connectivity index (χ0) is 8.77. The van der Waals surface area contributed by atoms with Gasteiger partial charge in [0, 0.05) is 6.54 Å². The predicted octanol–water partition coefficient (Wildman–Crippen LogP) is 0.908. The minimum atomic E-state index is -0.657. The quantitative estimate of drug-likeness (QED) is 0.400. The standard InChI is InChI=1S/C8H11NO3/c1-8-4-2-3-5-9(8)7(11)12-6(8)10/h2-5H2,1H3. The maximum Gasteiger partial charge on any atom is 0.418 e. The Kier molecular flexibility index (Phi) is 1.40. The van der Waals surface area contributed by atoms with E-state index >= 15 is 0 Å². The number of carbonyl (C=O) groups excluding carboxylic acids is 2. The Morgan fingerprint density at radius 1 is 1.42 bits per heavy atom. The fourth-order valence-electron chi connectivity index (χ4n) is 1.87. The van der Waals surface area contributed by atoms with E-state index in [4.69, 9.17) is 0 Å². The highest BCUT2D eigenvalue weighted by atomic mass is 16.6. The monoisotopic (exact) mass is 169 g/mol. The molecule has 2 saturated heterocycles. The van der Waals surface area contributed by atoms with Gasteiger partial charge < -0.3 is 4.74 Å². The zero-order valence-electron chi connectivity index (χ0n) is 7.00. The van der Waals surface area contributed by atoms with E-state index in [0.717, 1.165) is 19.3 Å². The molecule has 4 heteroatoms. The minimum Gasteiger partial charge on any atom is -0.374 e. The lowest BCUT2D eigenvalue weighted by Gasteiger charge is -2.33. The highest BCUT2D eigenvalue weighted by Gasteiger charge is 2.52. The van der Waals surface area contributed by atoms with Gasteiger partial charge in [-0.1, -0.05) is 0 Å². The molecule has 1 unspecified atom stereocenters. The Balaban J connectivity index is 2.33. The summed E-state index contributed by atoms with van der Waals surface area (Å²) >= 11 is 0. The molecular weight excluding hydrogens is 158 g/mol. The molecule has 0 saturated carbocycles. The third-order valence-corrected chi connectivity index (χ3v) is 2.73. The van der Waals surface area contributed by atoms with Crippen LogP contribution >= 0.6 is 0 Å².